The number of hydrogen-bond acceptors (Lipinski definition) is 4. The molecule has 0 heterocycles. The first-order chi connectivity index (χ1) is 11.4. The van der Waals surface area contributed by atoms with Crippen LogP contribution in [-0.2, 0) is 15.4 Å². The number of benzene rings is 2. The molecule has 7 heteroatoms. The third-order valence-electron chi connectivity index (χ3n) is 4.36. The van der Waals surface area contributed by atoms with E-state index in [1.54, 1.807) is 18.2 Å². The topological polar surface area (TPSA) is 96.0 Å². The van der Waals surface area contributed by atoms with Crippen LogP contribution in [0.4, 0.5) is 10.1 Å². The van der Waals surface area contributed by atoms with Gasteiger partial charge >= 0.3 is 0 Å². The Morgan fingerprint density at radius 2 is 1.96 bits per heavy atom. The SMILES string of the molecule is N#Cc1cc(S(N)(=O)=O)ccc1NCC1(c2ccccc2F)CC1. The van der Waals surface area contributed by atoms with Gasteiger partial charge in [0.15, 0.2) is 0 Å². The molecule has 0 aliphatic heterocycles. The first kappa shape index (κ1) is 16.4. The van der Waals surface area contributed by atoms with Crippen LogP contribution in [0, 0.1) is 17.1 Å². The maximum atomic E-state index is 14.0. The Morgan fingerprint density at radius 3 is 2.54 bits per heavy atom. The van der Waals surface area contributed by atoms with Crippen molar-refractivity contribution in [3.63, 3.8) is 0 Å². The Hall–Kier alpha value is -2.43. The molecular weight excluding hydrogens is 329 g/mol. The van der Waals surface area contributed by atoms with Crippen LogP contribution < -0.4 is 10.5 Å². The van der Waals surface area contributed by atoms with Crippen molar-refractivity contribution in [2.45, 2.75) is 23.2 Å². The maximum absolute atomic E-state index is 14.0. The van der Waals surface area contributed by atoms with Crippen LogP contribution in [-0.4, -0.2) is 15.0 Å². The van der Waals surface area contributed by atoms with E-state index in [2.05, 4.69) is 5.32 Å². The molecule has 1 fully saturated rings. The first-order valence-electron chi connectivity index (χ1n) is 7.42. The summed E-state index contributed by atoms with van der Waals surface area (Å²) in [5, 5.41) is 17.5. The minimum Gasteiger partial charge on any atom is -0.383 e. The maximum Gasteiger partial charge on any atom is 0.238 e. The summed E-state index contributed by atoms with van der Waals surface area (Å²) in [6, 6.07) is 12.7. The minimum atomic E-state index is -3.86. The standard InChI is InChI=1S/C17H16FN3O2S/c18-15-4-2-1-3-14(15)17(7-8-17)11-21-16-6-5-13(24(20,22)23)9-12(16)10-19/h1-6,9,21H,7-8,11H2,(H2,20,22,23). The molecule has 1 saturated carbocycles. The third-order valence-corrected chi connectivity index (χ3v) is 5.27. The Morgan fingerprint density at radius 1 is 1.25 bits per heavy atom. The first-order valence-corrected chi connectivity index (χ1v) is 8.96. The highest BCUT2D eigenvalue weighted by molar-refractivity contribution is 7.89. The van der Waals surface area contributed by atoms with E-state index >= 15 is 0 Å². The van der Waals surface area contributed by atoms with E-state index in [1.165, 1.54) is 24.3 Å². The van der Waals surface area contributed by atoms with Gasteiger partial charge in [0.1, 0.15) is 11.9 Å². The molecule has 2 aromatic carbocycles. The Bertz CT molecular complexity index is 931. The Labute approximate surface area is 140 Å². The number of halogens is 1. The fourth-order valence-corrected chi connectivity index (χ4v) is 3.33. The van der Waals surface area contributed by atoms with E-state index < -0.39 is 10.0 Å². The van der Waals surface area contributed by atoms with Gasteiger partial charge in [0.25, 0.3) is 0 Å². The number of hydrogen-bond donors (Lipinski definition) is 2. The fourth-order valence-electron chi connectivity index (χ4n) is 2.79. The van der Waals surface area contributed by atoms with Crippen molar-refractivity contribution in [1.29, 1.82) is 5.26 Å². The van der Waals surface area contributed by atoms with Gasteiger partial charge in [-0.1, -0.05) is 18.2 Å². The molecule has 2 aromatic rings. The van der Waals surface area contributed by atoms with Crippen molar-refractivity contribution < 1.29 is 12.8 Å². The van der Waals surface area contributed by atoms with Gasteiger partial charge in [-0.15, -0.1) is 0 Å². The molecule has 0 spiro atoms. The summed E-state index contributed by atoms with van der Waals surface area (Å²) in [4.78, 5) is -0.111. The van der Waals surface area contributed by atoms with E-state index in [4.69, 9.17) is 5.14 Å². The molecule has 0 aromatic heterocycles. The van der Waals surface area contributed by atoms with Gasteiger partial charge in [-0.25, -0.2) is 17.9 Å². The Kier molecular flexibility index (Phi) is 4.03. The van der Waals surface area contributed by atoms with Gasteiger partial charge in [-0.3, -0.25) is 0 Å². The highest BCUT2D eigenvalue weighted by Crippen LogP contribution is 2.49. The summed E-state index contributed by atoms with van der Waals surface area (Å²) >= 11 is 0. The summed E-state index contributed by atoms with van der Waals surface area (Å²) in [5.41, 5.74) is 1.08. The second-order valence-corrected chi connectivity index (χ2v) is 7.54. The number of anilines is 1. The second-order valence-electron chi connectivity index (χ2n) is 5.98. The van der Waals surface area contributed by atoms with Crippen LogP contribution in [0.2, 0.25) is 0 Å². The van der Waals surface area contributed by atoms with Crippen molar-refractivity contribution >= 4 is 15.7 Å². The van der Waals surface area contributed by atoms with Crippen LogP contribution in [0.3, 0.4) is 0 Å². The van der Waals surface area contributed by atoms with Gasteiger partial charge in [0, 0.05) is 12.0 Å². The van der Waals surface area contributed by atoms with Crippen LogP contribution in [0.1, 0.15) is 24.0 Å². The van der Waals surface area contributed by atoms with E-state index in [-0.39, 0.29) is 21.7 Å². The van der Waals surface area contributed by atoms with Crippen molar-refractivity contribution in [1.82, 2.24) is 0 Å². The zero-order chi connectivity index (χ0) is 17.4. The number of primary sulfonamides is 1. The smallest absolute Gasteiger partial charge is 0.238 e. The van der Waals surface area contributed by atoms with Gasteiger partial charge < -0.3 is 5.32 Å². The monoisotopic (exact) mass is 345 g/mol. The summed E-state index contributed by atoms with van der Waals surface area (Å²) in [7, 11) is -3.86. The molecule has 0 atom stereocenters. The molecule has 5 nitrogen and oxygen atoms in total. The van der Waals surface area contributed by atoms with Crippen molar-refractivity contribution in [3.05, 3.63) is 59.4 Å². The van der Waals surface area contributed by atoms with Gasteiger partial charge in [-0.2, -0.15) is 5.26 Å². The number of nitrogens with two attached hydrogens (primary N) is 1. The van der Waals surface area contributed by atoms with Gasteiger partial charge in [0.05, 0.1) is 16.1 Å². The predicted molar refractivity (Wildman–Crippen MR) is 88.3 cm³/mol. The van der Waals surface area contributed by atoms with Crippen molar-refractivity contribution in [3.8, 4) is 6.07 Å². The normalized spacial score (nSPS) is 15.5. The summed E-state index contributed by atoms with van der Waals surface area (Å²) < 4.78 is 36.8. The molecule has 3 rings (SSSR count). The molecule has 0 radical (unpaired) electrons. The number of sulfonamides is 1. The van der Waals surface area contributed by atoms with Crippen LogP contribution in [0.5, 0.6) is 0 Å². The lowest BCUT2D eigenvalue weighted by atomic mass is 9.95. The van der Waals surface area contributed by atoms with Crippen molar-refractivity contribution in [2.75, 3.05) is 11.9 Å². The number of nitrogens with zero attached hydrogens (tertiary/aromatic N) is 1. The Balaban J connectivity index is 1.83. The second kappa shape index (κ2) is 5.89. The number of nitrogens with one attached hydrogen (secondary N) is 1. The molecule has 0 amide bonds. The van der Waals surface area contributed by atoms with E-state index in [0.29, 0.717) is 17.8 Å². The lowest BCUT2D eigenvalue weighted by Gasteiger charge is -2.19. The van der Waals surface area contributed by atoms with Gasteiger partial charge in [0.2, 0.25) is 10.0 Å². The van der Waals surface area contributed by atoms with Gasteiger partial charge in [-0.05, 0) is 42.7 Å². The number of nitriles is 1. The lowest BCUT2D eigenvalue weighted by molar-refractivity contribution is 0.578. The molecule has 0 bridgehead atoms. The van der Waals surface area contributed by atoms with E-state index in [9.17, 15) is 18.1 Å². The fraction of sp³-hybridized carbons (Fsp3) is 0.235. The molecule has 3 N–H and O–H groups in total. The average molecular weight is 345 g/mol. The minimum absolute atomic E-state index is 0.111. The predicted octanol–water partition coefficient (Wildman–Crippen LogP) is 2.49. The largest absolute Gasteiger partial charge is 0.383 e. The zero-order valence-electron chi connectivity index (χ0n) is 12.8. The molecule has 1 aliphatic rings. The number of rotatable bonds is 5. The van der Waals surface area contributed by atoms with Crippen LogP contribution in [0.25, 0.3) is 0 Å². The zero-order valence-corrected chi connectivity index (χ0v) is 13.6. The van der Waals surface area contributed by atoms with Crippen LogP contribution >= 0.6 is 0 Å². The molecular formula is C17H16FN3O2S. The summed E-state index contributed by atoms with van der Waals surface area (Å²) in [5.74, 6) is -0.234. The summed E-state index contributed by atoms with van der Waals surface area (Å²) in [6.45, 7) is 0.470. The average Bonchev–Trinajstić information content (AvgIpc) is 3.33. The lowest BCUT2D eigenvalue weighted by Crippen LogP contribution is -2.21. The third kappa shape index (κ3) is 3.11. The quantitative estimate of drug-likeness (QED) is 0.870. The molecule has 0 unspecified atom stereocenters. The molecule has 0 saturated heterocycles. The highest BCUT2D eigenvalue weighted by Gasteiger charge is 2.45. The summed E-state index contributed by atoms with van der Waals surface area (Å²) in [6.07, 6.45) is 1.72. The molecule has 1 aliphatic carbocycles. The van der Waals surface area contributed by atoms with E-state index in [1.807, 2.05) is 6.07 Å². The van der Waals surface area contributed by atoms with E-state index in [0.717, 1.165) is 12.8 Å². The highest BCUT2D eigenvalue weighted by atomic mass is 32.2. The van der Waals surface area contributed by atoms with Crippen LogP contribution in [0.15, 0.2) is 47.4 Å². The molecule has 24 heavy (non-hydrogen) atoms. The van der Waals surface area contributed by atoms with Crippen molar-refractivity contribution in [2.24, 2.45) is 5.14 Å². The molecule has 124 valence electrons.